The smallest absolute Gasteiger partial charge is 0.462 e. The molecule has 0 saturated carbocycles. The Morgan fingerprint density at radius 1 is 0.772 bits per heavy atom. The summed E-state index contributed by atoms with van der Waals surface area (Å²) in [5, 5.41) is 28.5. The summed E-state index contributed by atoms with van der Waals surface area (Å²) >= 11 is 0. The first-order valence-electron chi connectivity index (χ1n) is 21.3. The SMILES string of the molecule is CCCCC/C=C\C/C=C\CCCCCCCC(=O)O[C@H](COC(=O)CCC/C=C\C[C@H]1C=CC(=O)[C@@H]1/C=C/[C@@H](O)CCCCC)COP(=O)(O)OC[C@@H](O)CO. The number of ether oxygens (including phenoxy) is 2. The number of phosphoric acid groups is 1. The quantitative estimate of drug-likeness (QED) is 0.0204. The van der Waals surface area contributed by atoms with Gasteiger partial charge in [0.05, 0.1) is 25.9 Å². The fraction of sp³-hybridized carbons (Fsp3) is 0.705. The van der Waals surface area contributed by atoms with E-state index in [9.17, 15) is 34.1 Å². The normalized spacial score (nSPS) is 18.6. The summed E-state index contributed by atoms with van der Waals surface area (Å²) in [7, 11) is -4.67. The second-order valence-corrected chi connectivity index (χ2v) is 16.1. The van der Waals surface area contributed by atoms with E-state index in [0.717, 1.165) is 64.2 Å². The summed E-state index contributed by atoms with van der Waals surface area (Å²) in [5.74, 6) is -1.36. The van der Waals surface area contributed by atoms with Gasteiger partial charge in [-0.05, 0) is 76.2 Å². The molecule has 326 valence electrons. The van der Waals surface area contributed by atoms with E-state index >= 15 is 0 Å². The molecule has 0 heterocycles. The molecule has 0 aromatic rings. The number of unbranched alkanes of at least 4 members (excludes halogenated alkanes) is 11. The van der Waals surface area contributed by atoms with E-state index in [1.165, 1.54) is 19.3 Å². The molecule has 0 spiro atoms. The monoisotopic (exact) mass is 824 g/mol. The molecule has 0 amide bonds. The average molecular weight is 825 g/mol. The third-order valence-electron chi connectivity index (χ3n) is 9.39. The molecule has 13 heteroatoms. The van der Waals surface area contributed by atoms with E-state index in [1.807, 2.05) is 24.3 Å². The Morgan fingerprint density at radius 2 is 1.39 bits per heavy atom. The summed E-state index contributed by atoms with van der Waals surface area (Å²) in [4.78, 5) is 47.5. The Balaban J connectivity index is 2.46. The Labute approximate surface area is 342 Å². The first kappa shape index (κ1) is 52.3. The van der Waals surface area contributed by atoms with E-state index in [4.69, 9.17) is 19.1 Å². The lowest BCUT2D eigenvalue weighted by molar-refractivity contribution is -0.161. The molecule has 6 atom stereocenters. The number of ketones is 1. The molecule has 1 aliphatic carbocycles. The molecule has 1 aliphatic rings. The lowest BCUT2D eigenvalue weighted by atomic mass is 9.90. The van der Waals surface area contributed by atoms with Gasteiger partial charge in [-0.1, -0.05) is 120 Å². The second kappa shape index (κ2) is 34.2. The van der Waals surface area contributed by atoms with Crippen LogP contribution in [0.2, 0.25) is 0 Å². The third kappa shape index (κ3) is 29.2. The molecule has 57 heavy (non-hydrogen) atoms. The maximum atomic E-state index is 12.6. The summed E-state index contributed by atoms with van der Waals surface area (Å²) in [6.45, 7) is 1.99. The van der Waals surface area contributed by atoms with Crippen molar-refractivity contribution >= 4 is 25.5 Å². The molecule has 0 aromatic heterocycles. The summed E-state index contributed by atoms with van der Waals surface area (Å²) in [6.07, 6.45) is 33.9. The zero-order valence-electron chi connectivity index (χ0n) is 34.6. The van der Waals surface area contributed by atoms with Crippen LogP contribution in [0.4, 0.5) is 0 Å². The molecular weight excluding hydrogens is 751 g/mol. The lowest BCUT2D eigenvalue weighted by Crippen LogP contribution is -2.29. The molecular formula is C44H73O12P. The Hall–Kier alpha value is -2.70. The van der Waals surface area contributed by atoms with Gasteiger partial charge in [-0.15, -0.1) is 0 Å². The maximum absolute atomic E-state index is 12.6. The maximum Gasteiger partial charge on any atom is 0.472 e. The fourth-order valence-corrected chi connectivity index (χ4v) is 6.74. The van der Waals surface area contributed by atoms with Crippen LogP contribution in [0.25, 0.3) is 0 Å². The van der Waals surface area contributed by atoms with Gasteiger partial charge in [0.25, 0.3) is 0 Å². The molecule has 0 aliphatic heterocycles. The lowest BCUT2D eigenvalue weighted by Gasteiger charge is -2.20. The van der Waals surface area contributed by atoms with Crippen molar-refractivity contribution in [2.45, 2.75) is 161 Å². The number of carbonyl (C=O) groups excluding carboxylic acids is 3. The van der Waals surface area contributed by atoms with Crippen LogP contribution in [-0.2, 0) is 37.5 Å². The van der Waals surface area contributed by atoms with Crippen molar-refractivity contribution in [3.63, 3.8) is 0 Å². The van der Waals surface area contributed by atoms with Gasteiger partial charge in [-0.3, -0.25) is 23.4 Å². The molecule has 4 N–H and O–H groups in total. The number of aliphatic hydroxyl groups excluding tert-OH is 3. The Morgan fingerprint density at radius 3 is 2.11 bits per heavy atom. The van der Waals surface area contributed by atoms with E-state index < -0.39 is 64.5 Å². The van der Waals surface area contributed by atoms with Crippen LogP contribution in [-0.4, -0.2) is 82.7 Å². The molecule has 0 fully saturated rings. The van der Waals surface area contributed by atoms with Crippen LogP contribution in [0.5, 0.6) is 0 Å². The largest absolute Gasteiger partial charge is 0.472 e. The molecule has 1 unspecified atom stereocenters. The number of phosphoric ester groups is 1. The number of allylic oxidation sites excluding steroid dienone is 9. The summed E-state index contributed by atoms with van der Waals surface area (Å²) in [6, 6.07) is 0. The van der Waals surface area contributed by atoms with Crippen molar-refractivity contribution in [2.75, 3.05) is 26.4 Å². The number of hydrogen-bond donors (Lipinski definition) is 4. The van der Waals surface area contributed by atoms with Crippen LogP contribution in [0.3, 0.4) is 0 Å². The van der Waals surface area contributed by atoms with Crippen molar-refractivity contribution in [1.82, 2.24) is 0 Å². The summed E-state index contributed by atoms with van der Waals surface area (Å²) in [5.41, 5.74) is 0. The Bertz CT molecular complexity index is 1280. The van der Waals surface area contributed by atoms with Crippen molar-refractivity contribution in [3.05, 3.63) is 60.8 Å². The molecule has 1 rings (SSSR count). The number of rotatable bonds is 36. The van der Waals surface area contributed by atoms with Gasteiger partial charge in [-0.2, -0.15) is 0 Å². The number of hydrogen-bond acceptors (Lipinski definition) is 11. The highest BCUT2D eigenvalue weighted by Crippen LogP contribution is 2.43. The minimum absolute atomic E-state index is 0.00844. The van der Waals surface area contributed by atoms with E-state index in [2.05, 4.69) is 42.7 Å². The van der Waals surface area contributed by atoms with Crippen LogP contribution in [0.15, 0.2) is 60.8 Å². The Kier molecular flexibility index (Phi) is 31.4. The highest BCUT2D eigenvalue weighted by molar-refractivity contribution is 7.47. The van der Waals surface area contributed by atoms with Gasteiger partial charge in [0, 0.05) is 18.8 Å². The van der Waals surface area contributed by atoms with E-state index in [1.54, 1.807) is 12.2 Å². The first-order valence-corrected chi connectivity index (χ1v) is 22.8. The minimum atomic E-state index is -4.67. The van der Waals surface area contributed by atoms with Gasteiger partial charge in [0.1, 0.15) is 12.7 Å². The first-order chi connectivity index (χ1) is 27.5. The zero-order valence-corrected chi connectivity index (χ0v) is 35.5. The van der Waals surface area contributed by atoms with Crippen molar-refractivity contribution in [3.8, 4) is 0 Å². The molecule has 0 radical (unpaired) electrons. The standard InChI is InChI=1S/C44H73O12P/c1-3-5-7-8-9-10-11-12-13-14-15-16-17-18-24-28-44(50)56-40(36-55-57(51,52)54-34-39(47)33-45)35-53-43(49)27-23-20-19-22-25-37-29-32-42(48)41(37)31-30-38(46)26-21-6-4-2/h9-10,12-13,19,22,29-32,37-41,45-47H,3-8,11,14-18,20-21,23-28,33-36H2,1-2H3,(H,51,52)/b10-9-,13-12-,22-19-,31-30+/t37-,38-,39-,40+,41+/m0/s1. The fourth-order valence-electron chi connectivity index (χ4n) is 5.95. The predicted octanol–water partition coefficient (Wildman–Crippen LogP) is 8.73. The van der Waals surface area contributed by atoms with Gasteiger partial charge < -0.3 is 29.7 Å². The number of aliphatic hydroxyl groups is 3. The minimum Gasteiger partial charge on any atom is -0.462 e. The average Bonchev–Trinajstić information content (AvgIpc) is 3.55. The molecule has 0 bridgehead atoms. The van der Waals surface area contributed by atoms with Crippen LogP contribution in [0.1, 0.15) is 142 Å². The van der Waals surface area contributed by atoms with Crippen molar-refractivity contribution in [1.29, 1.82) is 0 Å². The van der Waals surface area contributed by atoms with Gasteiger partial charge in [0.2, 0.25) is 0 Å². The molecule has 0 aromatic carbocycles. The number of esters is 2. The van der Waals surface area contributed by atoms with E-state index in [0.29, 0.717) is 32.1 Å². The highest BCUT2D eigenvalue weighted by Gasteiger charge is 2.28. The predicted molar refractivity (Wildman–Crippen MR) is 223 cm³/mol. The van der Waals surface area contributed by atoms with Gasteiger partial charge in [0.15, 0.2) is 11.9 Å². The van der Waals surface area contributed by atoms with Crippen LogP contribution < -0.4 is 0 Å². The molecule has 12 nitrogen and oxygen atoms in total. The van der Waals surface area contributed by atoms with Crippen molar-refractivity contribution in [2.24, 2.45) is 11.8 Å². The molecule has 0 saturated heterocycles. The zero-order chi connectivity index (χ0) is 42.0. The van der Waals surface area contributed by atoms with Gasteiger partial charge >= 0.3 is 19.8 Å². The topological polar surface area (TPSA) is 186 Å². The van der Waals surface area contributed by atoms with Crippen LogP contribution in [0, 0.1) is 11.8 Å². The number of carbonyl (C=O) groups is 3. The van der Waals surface area contributed by atoms with Crippen LogP contribution >= 0.6 is 7.82 Å². The van der Waals surface area contributed by atoms with Gasteiger partial charge in [-0.25, -0.2) is 4.57 Å². The van der Waals surface area contributed by atoms with Crippen molar-refractivity contribution < 1.29 is 57.7 Å². The highest BCUT2D eigenvalue weighted by atomic mass is 31.2. The van der Waals surface area contributed by atoms with E-state index in [-0.39, 0.29) is 30.5 Å². The summed E-state index contributed by atoms with van der Waals surface area (Å²) < 4.78 is 32.6. The second-order valence-electron chi connectivity index (χ2n) is 14.7. The third-order valence-corrected chi connectivity index (χ3v) is 10.3.